The summed E-state index contributed by atoms with van der Waals surface area (Å²) in [6.07, 6.45) is 5.11. The number of aryl methyl sites for hydroxylation is 1. The first-order chi connectivity index (χ1) is 11.0. The molecule has 0 aliphatic carbocycles. The SMILES string of the molecule is Cn1cc(C=CC(=O)N2CCc3ccccc32)c(=O)n(C)c1=O. The summed E-state index contributed by atoms with van der Waals surface area (Å²) >= 11 is 0. The molecule has 0 saturated heterocycles. The van der Waals surface area contributed by atoms with Gasteiger partial charge in [0.05, 0.1) is 5.56 Å². The molecule has 0 N–H and O–H groups in total. The Kier molecular flexibility index (Phi) is 3.73. The topological polar surface area (TPSA) is 64.3 Å². The molecule has 1 amide bonds. The number of benzene rings is 1. The van der Waals surface area contributed by atoms with Gasteiger partial charge in [-0.05, 0) is 24.1 Å². The number of fused-ring (bicyclic) bond motifs is 1. The monoisotopic (exact) mass is 311 g/mol. The zero-order chi connectivity index (χ0) is 16.6. The van der Waals surface area contributed by atoms with E-state index >= 15 is 0 Å². The van der Waals surface area contributed by atoms with E-state index in [4.69, 9.17) is 0 Å². The summed E-state index contributed by atoms with van der Waals surface area (Å²) in [5, 5.41) is 0. The molecule has 1 aliphatic heterocycles. The van der Waals surface area contributed by atoms with Crippen LogP contribution in [0.2, 0.25) is 0 Å². The summed E-state index contributed by atoms with van der Waals surface area (Å²) < 4.78 is 2.34. The Labute approximate surface area is 132 Å². The highest BCUT2D eigenvalue weighted by Crippen LogP contribution is 2.27. The number of rotatable bonds is 2. The fourth-order valence-electron chi connectivity index (χ4n) is 2.77. The van der Waals surface area contributed by atoms with Crippen molar-refractivity contribution in [3.05, 3.63) is 68.5 Å². The molecule has 0 fully saturated rings. The second-order valence-corrected chi connectivity index (χ2v) is 5.54. The van der Waals surface area contributed by atoms with Gasteiger partial charge in [0.1, 0.15) is 0 Å². The molecule has 2 heterocycles. The molecule has 23 heavy (non-hydrogen) atoms. The number of nitrogens with zero attached hydrogens (tertiary/aromatic N) is 3. The van der Waals surface area contributed by atoms with Gasteiger partial charge in [-0.3, -0.25) is 14.2 Å². The molecule has 1 aromatic carbocycles. The molecular formula is C17H17N3O3. The average molecular weight is 311 g/mol. The van der Waals surface area contributed by atoms with Gasteiger partial charge in [0.2, 0.25) is 0 Å². The number of para-hydroxylation sites is 1. The van der Waals surface area contributed by atoms with Crippen molar-refractivity contribution in [1.29, 1.82) is 0 Å². The molecule has 1 aromatic heterocycles. The minimum Gasteiger partial charge on any atom is -0.308 e. The van der Waals surface area contributed by atoms with Crippen LogP contribution in [0.5, 0.6) is 0 Å². The molecule has 0 saturated carbocycles. The standard InChI is InChI=1S/C17H17N3O3/c1-18-11-13(16(22)19(2)17(18)23)7-8-15(21)20-10-9-12-5-3-4-6-14(12)20/h3-8,11H,9-10H2,1-2H3. The second kappa shape index (κ2) is 5.72. The Bertz CT molecular complexity index is 921. The van der Waals surface area contributed by atoms with Crippen LogP contribution in [0.15, 0.2) is 46.1 Å². The zero-order valence-electron chi connectivity index (χ0n) is 13.0. The van der Waals surface area contributed by atoms with Gasteiger partial charge >= 0.3 is 5.69 Å². The van der Waals surface area contributed by atoms with E-state index in [-0.39, 0.29) is 5.91 Å². The molecule has 6 nitrogen and oxygen atoms in total. The van der Waals surface area contributed by atoms with E-state index in [0.29, 0.717) is 12.1 Å². The van der Waals surface area contributed by atoms with Crippen molar-refractivity contribution >= 4 is 17.7 Å². The van der Waals surface area contributed by atoms with Gasteiger partial charge < -0.3 is 9.47 Å². The molecule has 2 aromatic rings. The Morgan fingerprint density at radius 3 is 2.70 bits per heavy atom. The lowest BCUT2D eigenvalue weighted by Crippen LogP contribution is -2.37. The normalized spacial score (nSPS) is 13.6. The van der Waals surface area contributed by atoms with Gasteiger partial charge in [-0.1, -0.05) is 18.2 Å². The van der Waals surface area contributed by atoms with Crippen molar-refractivity contribution < 1.29 is 4.79 Å². The minimum absolute atomic E-state index is 0.175. The lowest BCUT2D eigenvalue weighted by Gasteiger charge is -2.14. The minimum atomic E-state index is -0.418. The van der Waals surface area contributed by atoms with Crippen molar-refractivity contribution in [2.75, 3.05) is 11.4 Å². The fourth-order valence-corrected chi connectivity index (χ4v) is 2.77. The quantitative estimate of drug-likeness (QED) is 0.767. The predicted molar refractivity (Wildman–Crippen MR) is 88.5 cm³/mol. The van der Waals surface area contributed by atoms with Crippen LogP contribution in [0, 0.1) is 0 Å². The Hall–Kier alpha value is -2.89. The summed E-state index contributed by atoms with van der Waals surface area (Å²) in [4.78, 5) is 37.8. The molecule has 1 aliphatic rings. The van der Waals surface area contributed by atoms with Crippen LogP contribution in [0.25, 0.3) is 6.08 Å². The van der Waals surface area contributed by atoms with Crippen LogP contribution in [0.4, 0.5) is 5.69 Å². The van der Waals surface area contributed by atoms with E-state index in [1.807, 2.05) is 24.3 Å². The largest absolute Gasteiger partial charge is 0.330 e. The first-order valence-corrected chi connectivity index (χ1v) is 7.33. The van der Waals surface area contributed by atoms with Gasteiger partial charge in [0, 0.05) is 38.6 Å². The maximum absolute atomic E-state index is 12.4. The summed E-state index contributed by atoms with van der Waals surface area (Å²) in [6, 6.07) is 7.78. The van der Waals surface area contributed by atoms with E-state index < -0.39 is 11.2 Å². The van der Waals surface area contributed by atoms with E-state index in [1.54, 1.807) is 11.9 Å². The molecule has 0 unspecified atom stereocenters. The van der Waals surface area contributed by atoms with Crippen LogP contribution < -0.4 is 16.1 Å². The predicted octanol–water partition coefficient (Wildman–Crippen LogP) is 0.687. The molecule has 0 atom stereocenters. The van der Waals surface area contributed by atoms with Gasteiger partial charge in [-0.25, -0.2) is 4.79 Å². The van der Waals surface area contributed by atoms with Crippen molar-refractivity contribution in [1.82, 2.24) is 9.13 Å². The number of carbonyl (C=O) groups is 1. The third-order valence-electron chi connectivity index (χ3n) is 4.03. The number of amides is 1. The lowest BCUT2D eigenvalue weighted by atomic mass is 10.2. The van der Waals surface area contributed by atoms with Crippen LogP contribution in [-0.2, 0) is 25.3 Å². The average Bonchev–Trinajstić information content (AvgIpc) is 2.99. The van der Waals surface area contributed by atoms with Gasteiger partial charge in [0.25, 0.3) is 11.5 Å². The summed E-state index contributed by atoms with van der Waals surface area (Å²) in [6.45, 7) is 0.633. The van der Waals surface area contributed by atoms with Crippen molar-refractivity contribution in [2.45, 2.75) is 6.42 Å². The number of hydrogen-bond acceptors (Lipinski definition) is 3. The van der Waals surface area contributed by atoms with E-state index in [0.717, 1.165) is 22.2 Å². The first kappa shape index (κ1) is 15.0. The van der Waals surface area contributed by atoms with Crippen LogP contribution in [-0.4, -0.2) is 21.6 Å². The van der Waals surface area contributed by atoms with E-state index in [2.05, 4.69) is 0 Å². The van der Waals surface area contributed by atoms with Crippen LogP contribution >= 0.6 is 0 Å². The smallest absolute Gasteiger partial charge is 0.308 e. The Morgan fingerprint density at radius 1 is 1.17 bits per heavy atom. The summed E-state index contributed by atoms with van der Waals surface area (Å²) in [5.74, 6) is -0.175. The van der Waals surface area contributed by atoms with Crippen molar-refractivity contribution in [3.63, 3.8) is 0 Å². The Morgan fingerprint density at radius 2 is 1.91 bits per heavy atom. The number of anilines is 1. The van der Waals surface area contributed by atoms with Crippen molar-refractivity contribution in [2.24, 2.45) is 14.1 Å². The highest BCUT2D eigenvalue weighted by atomic mass is 16.2. The number of aromatic nitrogens is 2. The molecule has 3 rings (SSSR count). The summed E-state index contributed by atoms with van der Waals surface area (Å²) in [5.41, 5.74) is 1.55. The first-order valence-electron chi connectivity index (χ1n) is 7.33. The molecule has 118 valence electrons. The van der Waals surface area contributed by atoms with Crippen LogP contribution in [0.3, 0.4) is 0 Å². The summed E-state index contributed by atoms with van der Waals surface area (Å²) in [7, 11) is 2.98. The second-order valence-electron chi connectivity index (χ2n) is 5.54. The molecule has 0 spiro atoms. The molecule has 0 bridgehead atoms. The highest BCUT2D eigenvalue weighted by Gasteiger charge is 2.22. The van der Waals surface area contributed by atoms with E-state index in [9.17, 15) is 14.4 Å². The highest BCUT2D eigenvalue weighted by molar-refractivity contribution is 6.05. The van der Waals surface area contributed by atoms with Crippen molar-refractivity contribution in [3.8, 4) is 0 Å². The fraction of sp³-hybridized carbons (Fsp3) is 0.235. The number of hydrogen-bond donors (Lipinski definition) is 0. The lowest BCUT2D eigenvalue weighted by molar-refractivity contribution is -0.114. The number of carbonyl (C=O) groups excluding carboxylic acids is 1. The third-order valence-corrected chi connectivity index (χ3v) is 4.03. The van der Waals surface area contributed by atoms with Gasteiger partial charge in [-0.15, -0.1) is 0 Å². The maximum Gasteiger partial charge on any atom is 0.330 e. The molecular weight excluding hydrogens is 294 g/mol. The third kappa shape index (κ3) is 2.63. The molecule has 6 heteroatoms. The molecule has 0 radical (unpaired) electrons. The van der Waals surface area contributed by atoms with Crippen LogP contribution in [0.1, 0.15) is 11.1 Å². The maximum atomic E-state index is 12.4. The van der Waals surface area contributed by atoms with Gasteiger partial charge in [0.15, 0.2) is 0 Å². The Balaban J connectivity index is 1.89. The zero-order valence-corrected chi connectivity index (χ0v) is 13.0. The van der Waals surface area contributed by atoms with E-state index in [1.165, 1.54) is 30.0 Å². The van der Waals surface area contributed by atoms with Gasteiger partial charge in [-0.2, -0.15) is 0 Å².